The van der Waals surface area contributed by atoms with Crippen LogP contribution in [0.2, 0.25) is 0 Å². The minimum atomic E-state index is -0.476. The van der Waals surface area contributed by atoms with Crippen molar-refractivity contribution >= 4 is 5.91 Å². The van der Waals surface area contributed by atoms with Gasteiger partial charge in [0.05, 0.1) is 13.2 Å². The number of β-amino-alcohol motifs (C(OH)–C–C–N with tert-alkyl or cyclic N) is 1. The van der Waals surface area contributed by atoms with E-state index in [0.717, 1.165) is 38.1 Å². The Hall–Kier alpha value is -1.59. The highest BCUT2D eigenvalue weighted by molar-refractivity contribution is 5.78. The molecular weight excluding hydrogens is 292 g/mol. The van der Waals surface area contributed by atoms with Gasteiger partial charge < -0.3 is 14.7 Å². The molecular formula is C18H26N2O3. The SMILES string of the molecule is COc1ccc(C2CCCN2CC(O)CN2CCCC2=O)cc1. The maximum absolute atomic E-state index is 11.7. The Kier molecular flexibility index (Phi) is 5.18. The molecule has 0 aliphatic carbocycles. The van der Waals surface area contributed by atoms with Crippen molar-refractivity contribution in [2.75, 3.05) is 33.3 Å². The summed E-state index contributed by atoms with van der Waals surface area (Å²) in [7, 11) is 1.67. The van der Waals surface area contributed by atoms with E-state index in [1.165, 1.54) is 5.56 Å². The summed E-state index contributed by atoms with van der Waals surface area (Å²) in [6, 6.07) is 8.55. The first-order valence-electron chi connectivity index (χ1n) is 8.51. The molecule has 0 radical (unpaired) electrons. The molecule has 1 N–H and O–H groups in total. The smallest absolute Gasteiger partial charge is 0.222 e. The van der Waals surface area contributed by atoms with Gasteiger partial charge in [-0.3, -0.25) is 9.69 Å². The monoisotopic (exact) mass is 318 g/mol. The van der Waals surface area contributed by atoms with Gasteiger partial charge in [0, 0.05) is 32.1 Å². The van der Waals surface area contributed by atoms with Crippen LogP contribution in [0.25, 0.3) is 0 Å². The molecule has 2 heterocycles. The third-order valence-corrected chi connectivity index (χ3v) is 4.91. The number of rotatable bonds is 6. The first kappa shape index (κ1) is 16.3. The van der Waals surface area contributed by atoms with Gasteiger partial charge in [-0.2, -0.15) is 0 Å². The number of carbonyl (C=O) groups is 1. The quantitative estimate of drug-likeness (QED) is 0.869. The fourth-order valence-corrected chi connectivity index (χ4v) is 3.73. The summed E-state index contributed by atoms with van der Waals surface area (Å²) < 4.78 is 5.22. The predicted octanol–water partition coefficient (Wildman–Crippen LogP) is 1.82. The fraction of sp³-hybridized carbons (Fsp3) is 0.611. The molecule has 1 aromatic carbocycles. The molecule has 5 heteroatoms. The Morgan fingerprint density at radius 1 is 1.22 bits per heavy atom. The molecule has 0 bridgehead atoms. The zero-order valence-corrected chi connectivity index (χ0v) is 13.8. The van der Waals surface area contributed by atoms with Gasteiger partial charge in [-0.15, -0.1) is 0 Å². The van der Waals surface area contributed by atoms with Crippen molar-refractivity contribution in [2.24, 2.45) is 0 Å². The number of ether oxygens (including phenoxy) is 1. The average Bonchev–Trinajstić information content (AvgIpc) is 3.17. The number of aliphatic hydroxyl groups is 1. The van der Waals surface area contributed by atoms with Crippen LogP contribution in [-0.4, -0.2) is 60.2 Å². The first-order valence-corrected chi connectivity index (χ1v) is 8.51. The van der Waals surface area contributed by atoms with Gasteiger partial charge >= 0.3 is 0 Å². The third-order valence-electron chi connectivity index (χ3n) is 4.91. The van der Waals surface area contributed by atoms with E-state index in [1.54, 1.807) is 12.0 Å². The Bertz CT molecular complexity index is 532. The normalized spacial score (nSPS) is 23.5. The number of benzene rings is 1. The van der Waals surface area contributed by atoms with E-state index < -0.39 is 6.10 Å². The van der Waals surface area contributed by atoms with Crippen LogP contribution < -0.4 is 4.74 Å². The molecule has 126 valence electrons. The summed E-state index contributed by atoms with van der Waals surface area (Å²) in [5.74, 6) is 1.04. The molecule has 1 amide bonds. The highest BCUT2D eigenvalue weighted by atomic mass is 16.5. The van der Waals surface area contributed by atoms with Crippen LogP contribution in [0, 0.1) is 0 Å². The van der Waals surface area contributed by atoms with Gasteiger partial charge in [-0.05, 0) is 43.5 Å². The van der Waals surface area contributed by atoms with Crippen molar-refractivity contribution in [1.82, 2.24) is 9.80 Å². The third kappa shape index (κ3) is 3.85. The zero-order chi connectivity index (χ0) is 16.2. The Labute approximate surface area is 137 Å². The molecule has 2 saturated heterocycles. The molecule has 0 aromatic heterocycles. The van der Waals surface area contributed by atoms with E-state index in [0.29, 0.717) is 25.6 Å². The van der Waals surface area contributed by atoms with Gasteiger partial charge in [-0.1, -0.05) is 12.1 Å². The lowest BCUT2D eigenvalue weighted by molar-refractivity contribution is -0.129. The number of aliphatic hydroxyl groups excluding tert-OH is 1. The van der Waals surface area contributed by atoms with E-state index in [-0.39, 0.29) is 5.91 Å². The van der Waals surface area contributed by atoms with Crippen molar-refractivity contribution in [3.8, 4) is 5.75 Å². The predicted molar refractivity (Wildman–Crippen MR) is 88.4 cm³/mol. The number of hydrogen-bond acceptors (Lipinski definition) is 4. The molecule has 2 aliphatic rings. The summed E-state index contributed by atoms with van der Waals surface area (Å²) in [6.45, 7) is 2.88. The Morgan fingerprint density at radius 3 is 2.65 bits per heavy atom. The summed E-state index contributed by atoms with van der Waals surface area (Å²) in [5.41, 5.74) is 1.27. The Morgan fingerprint density at radius 2 is 2.00 bits per heavy atom. The lowest BCUT2D eigenvalue weighted by Gasteiger charge is -2.29. The second-order valence-electron chi connectivity index (χ2n) is 6.52. The van der Waals surface area contributed by atoms with E-state index in [2.05, 4.69) is 17.0 Å². The number of methoxy groups -OCH3 is 1. The number of hydrogen-bond donors (Lipinski definition) is 1. The molecule has 3 rings (SSSR count). The van der Waals surface area contributed by atoms with Crippen LogP contribution in [0.3, 0.4) is 0 Å². The summed E-state index contributed by atoms with van der Waals surface area (Å²) in [4.78, 5) is 15.8. The van der Waals surface area contributed by atoms with Gasteiger partial charge in [0.1, 0.15) is 5.75 Å². The van der Waals surface area contributed by atoms with E-state index in [9.17, 15) is 9.90 Å². The molecule has 23 heavy (non-hydrogen) atoms. The first-order chi connectivity index (χ1) is 11.2. The average molecular weight is 318 g/mol. The number of nitrogens with zero attached hydrogens (tertiary/aromatic N) is 2. The van der Waals surface area contributed by atoms with Crippen LogP contribution in [0.4, 0.5) is 0 Å². The second-order valence-corrected chi connectivity index (χ2v) is 6.52. The minimum Gasteiger partial charge on any atom is -0.497 e. The lowest BCUT2D eigenvalue weighted by Crippen LogP contribution is -2.40. The second kappa shape index (κ2) is 7.32. The Balaban J connectivity index is 1.58. The molecule has 0 saturated carbocycles. The molecule has 5 nitrogen and oxygen atoms in total. The largest absolute Gasteiger partial charge is 0.497 e. The summed E-state index contributed by atoms with van der Waals surface area (Å²) in [5, 5.41) is 10.4. The molecule has 2 unspecified atom stereocenters. The summed E-state index contributed by atoms with van der Waals surface area (Å²) >= 11 is 0. The van der Waals surface area contributed by atoms with Gasteiger partial charge in [0.15, 0.2) is 0 Å². The van der Waals surface area contributed by atoms with Crippen molar-refractivity contribution < 1.29 is 14.6 Å². The zero-order valence-electron chi connectivity index (χ0n) is 13.8. The van der Waals surface area contributed by atoms with Gasteiger partial charge in [0.25, 0.3) is 0 Å². The van der Waals surface area contributed by atoms with Crippen LogP contribution in [-0.2, 0) is 4.79 Å². The molecule has 2 fully saturated rings. The standard InChI is InChI=1S/C18H26N2O3/c1-23-16-8-6-14(7-9-16)17-4-2-10-19(17)12-15(21)13-20-11-3-5-18(20)22/h6-9,15,17,21H,2-5,10-13H2,1H3. The van der Waals surface area contributed by atoms with Crippen LogP contribution in [0.5, 0.6) is 5.75 Å². The van der Waals surface area contributed by atoms with Crippen molar-refractivity contribution in [2.45, 2.75) is 37.8 Å². The van der Waals surface area contributed by atoms with Gasteiger partial charge in [-0.25, -0.2) is 0 Å². The van der Waals surface area contributed by atoms with Crippen LogP contribution in [0.1, 0.15) is 37.3 Å². The van der Waals surface area contributed by atoms with Crippen LogP contribution in [0.15, 0.2) is 24.3 Å². The van der Waals surface area contributed by atoms with Crippen molar-refractivity contribution in [3.63, 3.8) is 0 Å². The van der Waals surface area contributed by atoms with E-state index >= 15 is 0 Å². The number of carbonyl (C=O) groups excluding carboxylic acids is 1. The molecule has 0 spiro atoms. The van der Waals surface area contributed by atoms with E-state index in [4.69, 9.17) is 4.74 Å². The van der Waals surface area contributed by atoms with Crippen molar-refractivity contribution in [1.29, 1.82) is 0 Å². The summed E-state index contributed by atoms with van der Waals surface area (Å²) in [6.07, 6.45) is 3.33. The number of likely N-dealkylation sites (tertiary alicyclic amines) is 2. The van der Waals surface area contributed by atoms with Crippen molar-refractivity contribution in [3.05, 3.63) is 29.8 Å². The minimum absolute atomic E-state index is 0.178. The highest BCUT2D eigenvalue weighted by Gasteiger charge is 2.29. The molecule has 1 aromatic rings. The van der Waals surface area contributed by atoms with Crippen LogP contribution >= 0.6 is 0 Å². The lowest BCUT2D eigenvalue weighted by atomic mass is 10.0. The maximum Gasteiger partial charge on any atom is 0.222 e. The topological polar surface area (TPSA) is 53.0 Å². The van der Waals surface area contributed by atoms with Gasteiger partial charge in [0.2, 0.25) is 5.91 Å². The number of amides is 1. The fourth-order valence-electron chi connectivity index (χ4n) is 3.73. The highest BCUT2D eigenvalue weighted by Crippen LogP contribution is 2.32. The van der Waals surface area contributed by atoms with E-state index in [1.807, 2.05) is 12.1 Å². The maximum atomic E-state index is 11.7. The molecule has 2 atom stereocenters. The molecule has 2 aliphatic heterocycles.